The van der Waals surface area contributed by atoms with E-state index in [9.17, 15) is 14.0 Å². The first-order valence-corrected chi connectivity index (χ1v) is 10.8. The van der Waals surface area contributed by atoms with Gasteiger partial charge in [-0.3, -0.25) is 9.59 Å². The van der Waals surface area contributed by atoms with Crippen LogP contribution in [0.4, 0.5) is 4.39 Å². The van der Waals surface area contributed by atoms with Crippen LogP contribution in [0.15, 0.2) is 66.7 Å². The molecule has 34 heavy (non-hydrogen) atoms. The fraction of sp³-hybridized carbons (Fsp3) is 0.259. The minimum Gasteiger partial charge on any atom is -0.460 e. The van der Waals surface area contributed by atoms with Crippen LogP contribution in [0.2, 0.25) is 0 Å². The number of carbonyl (C=O) groups is 2. The summed E-state index contributed by atoms with van der Waals surface area (Å²) in [5.74, 6) is 4.38. The number of ether oxygens (including phenoxy) is 1. The molecule has 6 nitrogen and oxygen atoms in total. The average molecular weight is 458 g/mol. The lowest BCUT2D eigenvalue weighted by atomic mass is 9.78. The molecule has 1 aliphatic heterocycles. The molecule has 0 bridgehead atoms. The highest BCUT2D eigenvalue weighted by molar-refractivity contribution is 6.10. The number of amides is 1. The van der Waals surface area contributed by atoms with Crippen molar-refractivity contribution in [3.8, 4) is 11.8 Å². The van der Waals surface area contributed by atoms with E-state index in [1.54, 1.807) is 36.2 Å². The molecule has 0 saturated carbocycles. The molecule has 7 heteroatoms. The predicted molar refractivity (Wildman–Crippen MR) is 124 cm³/mol. The number of halogens is 1. The molecule has 0 spiro atoms. The summed E-state index contributed by atoms with van der Waals surface area (Å²) >= 11 is 0. The summed E-state index contributed by atoms with van der Waals surface area (Å²) in [6.07, 6.45) is 0.207. The lowest BCUT2D eigenvalue weighted by molar-refractivity contribution is -0.156. The zero-order valence-corrected chi connectivity index (χ0v) is 19.2. The molecular formula is C27H24FN3O3. The van der Waals surface area contributed by atoms with Gasteiger partial charge in [0, 0.05) is 24.6 Å². The topological polar surface area (TPSA) is 72.4 Å². The zero-order valence-electron chi connectivity index (χ0n) is 19.2. The van der Waals surface area contributed by atoms with E-state index < -0.39 is 16.9 Å². The van der Waals surface area contributed by atoms with Gasteiger partial charge in [-0.15, -0.1) is 5.10 Å². The van der Waals surface area contributed by atoms with Gasteiger partial charge in [0.1, 0.15) is 18.1 Å². The van der Waals surface area contributed by atoms with Gasteiger partial charge in [-0.1, -0.05) is 36.3 Å². The molecule has 0 radical (unpaired) electrons. The number of aromatic nitrogens is 2. The Morgan fingerprint density at radius 1 is 1.03 bits per heavy atom. The van der Waals surface area contributed by atoms with Crippen LogP contribution in [0, 0.1) is 17.7 Å². The quantitative estimate of drug-likeness (QED) is 0.340. The number of nitrogens with zero attached hydrogens (tertiary/aromatic N) is 3. The second kappa shape index (κ2) is 9.06. The van der Waals surface area contributed by atoms with E-state index >= 15 is 0 Å². The van der Waals surface area contributed by atoms with Gasteiger partial charge in [-0.2, -0.15) is 5.10 Å². The molecule has 1 amide bonds. The summed E-state index contributed by atoms with van der Waals surface area (Å²) in [6.45, 7) is 3.84. The summed E-state index contributed by atoms with van der Waals surface area (Å²) in [4.78, 5) is 28.4. The number of rotatable bonds is 4. The summed E-state index contributed by atoms with van der Waals surface area (Å²) in [5.41, 5.74) is -0.141. The van der Waals surface area contributed by atoms with Crippen LogP contribution < -0.4 is 0 Å². The molecule has 172 valence electrons. The Labute approximate surface area is 197 Å². The highest BCUT2D eigenvalue weighted by Crippen LogP contribution is 2.44. The smallest absolute Gasteiger partial charge is 0.328 e. The van der Waals surface area contributed by atoms with Crippen LogP contribution in [0.1, 0.15) is 42.8 Å². The number of hydrogen-bond acceptors (Lipinski definition) is 5. The molecule has 1 aromatic heterocycles. The second-order valence-electron chi connectivity index (χ2n) is 8.88. The average Bonchev–Trinajstić information content (AvgIpc) is 3.04. The van der Waals surface area contributed by atoms with Crippen molar-refractivity contribution in [2.75, 3.05) is 7.05 Å². The number of likely N-dealkylation sites (tertiary alicyclic amines) is 1. The molecule has 0 aliphatic carbocycles. The standard InChI is InChI=1S/C27H24FN3O3/c1-26(2)18-27(24(32)31(26)3,25(33)34-17-20-7-5-4-6-8-20)23-16-15-22(29-30-23)14-11-19-9-12-21(28)13-10-19/h4-10,12-13,15-16H,17-18H2,1-3H3/t27-/m0/s1. The first-order chi connectivity index (χ1) is 16.2. The summed E-state index contributed by atoms with van der Waals surface area (Å²) < 4.78 is 18.7. The lowest BCUT2D eigenvalue weighted by Gasteiger charge is -2.26. The maximum absolute atomic E-state index is 13.4. The number of benzene rings is 2. The van der Waals surface area contributed by atoms with E-state index in [-0.39, 0.29) is 30.4 Å². The molecule has 2 aromatic carbocycles. The summed E-state index contributed by atoms with van der Waals surface area (Å²) in [5, 5.41) is 8.36. The Balaban J connectivity index is 1.64. The highest BCUT2D eigenvalue weighted by atomic mass is 19.1. The third-order valence-corrected chi connectivity index (χ3v) is 6.12. The van der Waals surface area contributed by atoms with E-state index in [0.29, 0.717) is 11.3 Å². The second-order valence-corrected chi connectivity index (χ2v) is 8.88. The van der Waals surface area contributed by atoms with Crippen molar-refractivity contribution in [1.82, 2.24) is 15.1 Å². The first-order valence-electron chi connectivity index (χ1n) is 10.8. The monoisotopic (exact) mass is 457 g/mol. The molecule has 3 aromatic rings. The van der Waals surface area contributed by atoms with Crippen molar-refractivity contribution < 1.29 is 18.7 Å². The van der Waals surface area contributed by atoms with Gasteiger partial charge >= 0.3 is 5.97 Å². The molecule has 0 N–H and O–H groups in total. The maximum atomic E-state index is 13.4. The van der Waals surface area contributed by atoms with Crippen LogP contribution in [0.5, 0.6) is 0 Å². The first kappa shape index (κ1) is 23.1. The largest absolute Gasteiger partial charge is 0.460 e. The number of likely N-dealkylation sites (N-methyl/N-ethyl adjacent to an activating group) is 1. The van der Waals surface area contributed by atoms with Crippen LogP contribution in [-0.4, -0.2) is 39.6 Å². The zero-order chi connectivity index (χ0) is 24.3. The van der Waals surface area contributed by atoms with Crippen molar-refractivity contribution in [3.63, 3.8) is 0 Å². The van der Waals surface area contributed by atoms with Crippen molar-refractivity contribution in [1.29, 1.82) is 0 Å². The van der Waals surface area contributed by atoms with Gasteiger partial charge in [-0.05, 0) is 61.7 Å². The van der Waals surface area contributed by atoms with Crippen LogP contribution >= 0.6 is 0 Å². The lowest BCUT2D eigenvalue weighted by Crippen LogP contribution is -2.45. The van der Waals surface area contributed by atoms with E-state index in [0.717, 1.165) is 5.56 Å². The van der Waals surface area contributed by atoms with Crippen molar-refractivity contribution in [2.45, 2.75) is 37.8 Å². The molecule has 1 aliphatic rings. The molecule has 1 saturated heterocycles. The van der Waals surface area contributed by atoms with Gasteiger partial charge in [0.2, 0.25) is 5.91 Å². The number of esters is 1. The Hall–Kier alpha value is -4.05. The molecule has 1 fully saturated rings. The van der Waals surface area contributed by atoms with Gasteiger partial charge in [0.05, 0.1) is 5.69 Å². The van der Waals surface area contributed by atoms with Crippen LogP contribution in [0.25, 0.3) is 0 Å². The van der Waals surface area contributed by atoms with Gasteiger partial charge in [0.15, 0.2) is 5.41 Å². The van der Waals surface area contributed by atoms with E-state index in [1.165, 1.54) is 12.1 Å². The number of carbonyl (C=O) groups excluding carboxylic acids is 2. The summed E-state index contributed by atoms with van der Waals surface area (Å²) in [6, 6.07) is 18.3. The predicted octanol–water partition coefficient (Wildman–Crippen LogP) is 3.64. The normalized spacial score (nSPS) is 18.8. The van der Waals surface area contributed by atoms with E-state index in [2.05, 4.69) is 22.0 Å². The summed E-state index contributed by atoms with van der Waals surface area (Å²) in [7, 11) is 1.67. The van der Waals surface area contributed by atoms with Crippen molar-refractivity contribution in [2.24, 2.45) is 0 Å². The minimum atomic E-state index is -1.59. The molecular weight excluding hydrogens is 433 g/mol. The fourth-order valence-corrected chi connectivity index (χ4v) is 4.01. The van der Waals surface area contributed by atoms with E-state index in [1.807, 2.05) is 44.2 Å². The van der Waals surface area contributed by atoms with Gasteiger partial charge in [0.25, 0.3) is 0 Å². The Morgan fingerprint density at radius 3 is 2.32 bits per heavy atom. The SMILES string of the molecule is CN1C(=O)[C@@](C(=O)OCc2ccccc2)(c2ccc(C#Cc3ccc(F)cc3)nn2)CC1(C)C. The van der Waals surface area contributed by atoms with Gasteiger partial charge < -0.3 is 9.64 Å². The minimum absolute atomic E-state index is 0.0491. The molecule has 2 heterocycles. The molecule has 4 rings (SSSR count). The van der Waals surface area contributed by atoms with Gasteiger partial charge in [-0.25, -0.2) is 4.39 Å². The fourth-order valence-electron chi connectivity index (χ4n) is 4.01. The third-order valence-electron chi connectivity index (χ3n) is 6.12. The molecule has 1 atom stereocenters. The maximum Gasteiger partial charge on any atom is 0.328 e. The number of hydrogen-bond donors (Lipinski definition) is 0. The Kier molecular flexibility index (Phi) is 6.16. The molecule has 0 unspecified atom stereocenters. The Bertz CT molecular complexity index is 1260. The van der Waals surface area contributed by atoms with E-state index in [4.69, 9.17) is 4.74 Å². The highest BCUT2D eigenvalue weighted by Gasteiger charge is 2.62. The van der Waals surface area contributed by atoms with Crippen molar-refractivity contribution >= 4 is 11.9 Å². The third kappa shape index (κ3) is 4.40. The Morgan fingerprint density at radius 2 is 1.74 bits per heavy atom. The van der Waals surface area contributed by atoms with Crippen molar-refractivity contribution in [3.05, 3.63) is 95.1 Å². The van der Waals surface area contributed by atoms with Crippen LogP contribution in [-0.2, 0) is 26.3 Å². The van der Waals surface area contributed by atoms with Crippen LogP contribution in [0.3, 0.4) is 0 Å².